The van der Waals surface area contributed by atoms with Gasteiger partial charge >= 0.3 is 0 Å². The lowest BCUT2D eigenvalue weighted by Crippen LogP contribution is -2.37. The van der Waals surface area contributed by atoms with Gasteiger partial charge in [-0.25, -0.2) is 9.97 Å². The Morgan fingerprint density at radius 1 is 1.26 bits per heavy atom. The molecular weight excluding hydrogens is 390 g/mol. The molecule has 1 atom stereocenters. The molecule has 0 radical (unpaired) electrons. The highest BCUT2D eigenvalue weighted by Crippen LogP contribution is 2.22. The lowest BCUT2D eigenvalue weighted by atomic mass is 10.1. The van der Waals surface area contributed by atoms with Crippen molar-refractivity contribution >= 4 is 17.5 Å². The molecule has 1 unspecified atom stereocenters. The Kier molecular flexibility index (Phi) is 5.88. The zero-order chi connectivity index (χ0) is 22.0. The maximum Gasteiger partial charge on any atom is 0.253 e. The van der Waals surface area contributed by atoms with Gasteiger partial charge in [0.15, 0.2) is 0 Å². The van der Waals surface area contributed by atoms with Crippen molar-refractivity contribution in [3.05, 3.63) is 54.0 Å². The third-order valence-electron chi connectivity index (χ3n) is 5.31. The van der Waals surface area contributed by atoms with E-state index in [1.807, 2.05) is 44.4 Å². The standard InChI is InChI=1S/C23H29N7O/c1-15(2)26-21-6-5-16(3)11-19(21)22(31)27-18-8-10-30(14-18)23-24-9-7-20(28-23)17-12-25-29(4)13-17/h5-7,9,11-13,15,18,26H,8,10,14H2,1-4H3,(H,27,31). The normalized spacial score (nSPS) is 16.0. The van der Waals surface area contributed by atoms with Gasteiger partial charge in [0, 0.05) is 55.9 Å². The van der Waals surface area contributed by atoms with Gasteiger partial charge in [-0.15, -0.1) is 0 Å². The average molecular weight is 420 g/mol. The molecule has 1 amide bonds. The summed E-state index contributed by atoms with van der Waals surface area (Å²) < 4.78 is 1.76. The Morgan fingerprint density at radius 2 is 2.10 bits per heavy atom. The second-order valence-electron chi connectivity index (χ2n) is 8.40. The van der Waals surface area contributed by atoms with Crippen molar-refractivity contribution < 1.29 is 4.79 Å². The maximum atomic E-state index is 13.0. The minimum Gasteiger partial charge on any atom is -0.382 e. The molecule has 8 nitrogen and oxygen atoms in total. The molecule has 3 aromatic rings. The molecule has 1 fully saturated rings. The number of hydrogen-bond acceptors (Lipinski definition) is 6. The molecule has 2 aromatic heterocycles. The van der Waals surface area contributed by atoms with Gasteiger partial charge in [0.25, 0.3) is 5.91 Å². The highest BCUT2D eigenvalue weighted by molar-refractivity contribution is 6.00. The summed E-state index contributed by atoms with van der Waals surface area (Å²) in [6.07, 6.45) is 6.35. The molecule has 0 aliphatic carbocycles. The van der Waals surface area contributed by atoms with Gasteiger partial charge in [0.1, 0.15) is 0 Å². The first-order valence-electron chi connectivity index (χ1n) is 10.6. The van der Waals surface area contributed by atoms with Crippen LogP contribution in [0.25, 0.3) is 11.3 Å². The fraction of sp³-hybridized carbons (Fsp3) is 0.391. The first-order chi connectivity index (χ1) is 14.9. The Labute approximate surface area is 182 Å². The number of rotatable bonds is 6. The summed E-state index contributed by atoms with van der Waals surface area (Å²) in [5.41, 5.74) is 4.41. The predicted octanol–water partition coefficient (Wildman–Crippen LogP) is 3.01. The van der Waals surface area contributed by atoms with E-state index in [9.17, 15) is 4.79 Å². The minimum atomic E-state index is -0.0521. The highest BCUT2D eigenvalue weighted by atomic mass is 16.1. The van der Waals surface area contributed by atoms with E-state index in [1.165, 1.54) is 0 Å². The molecule has 162 valence electrons. The van der Waals surface area contributed by atoms with E-state index in [2.05, 4.69) is 39.5 Å². The van der Waals surface area contributed by atoms with Gasteiger partial charge in [-0.1, -0.05) is 11.6 Å². The van der Waals surface area contributed by atoms with Crippen LogP contribution in [0, 0.1) is 6.92 Å². The van der Waals surface area contributed by atoms with E-state index in [0.717, 1.165) is 35.5 Å². The zero-order valence-corrected chi connectivity index (χ0v) is 18.5. The zero-order valence-electron chi connectivity index (χ0n) is 18.5. The van der Waals surface area contributed by atoms with Crippen LogP contribution in [-0.4, -0.2) is 50.8 Å². The molecule has 0 saturated carbocycles. The number of aryl methyl sites for hydroxylation is 2. The minimum absolute atomic E-state index is 0.0468. The number of nitrogens with zero attached hydrogens (tertiary/aromatic N) is 5. The Morgan fingerprint density at radius 3 is 2.84 bits per heavy atom. The van der Waals surface area contributed by atoms with Gasteiger partial charge in [-0.05, 0) is 45.4 Å². The number of hydrogen-bond donors (Lipinski definition) is 2. The number of aromatic nitrogens is 4. The van der Waals surface area contributed by atoms with E-state index < -0.39 is 0 Å². The Hall–Kier alpha value is -3.42. The van der Waals surface area contributed by atoms with Gasteiger partial charge in [-0.2, -0.15) is 5.10 Å². The summed E-state index contributed by atoms with van der Waals surface area (Å²) >= 11 is 0. The predicted molar refractivity (Wildman–Crippen MR) is 122 cm³/mol. The lowest BCUT2D eigenvalue weighted by molar-refractivity contribution is 0.0941. The van der Waals surface area contributed by atoms with E-state index in [1.54, 1.807) is 17.1 Å². The Balaban J connectivity index is 1.44. The van der Waals surface area contributed by atoms with Gasteiger partial charge in [0.05, 0.1) is 17.5 Å². The second-order valence-corrected chi connectivity index (χ2v) is 8.40. The lowest BCUT2D eigenvalue weighted by Gasteiger charge is -2.19. The SMILES string of the molecule is Cc1ccc(NC(C)C)c(C(=O)NC2CCN(c3nccc(-c4cnn(C)c4)n3)C2)c1. The molecule has 0 bridgehead atoms. The van der Waals surface area contributed by atoms with Gasteiger partial charge < -0.3 is 15.5 Å². The third-order valence-corrected chi connectivity index (χ3v) is 5.31. The molecule has 1 aliphatic heterocycles. The summed E-state index contributed by atoms with van der Waals surface area (Å²) in [6, 6.07) is 8.12. The van der Waals surface area contributed by atoms with Crippen molar-refractivity contribution in [2.24, 2.45) is 7.05 Å². The fourth-order valence-electron chi connectivity index (χ4n) is 3.82. The van der Waals surface area contributed by atoms with E-state index in [-0.39, 0.29) is 18.0 Å². The van der Waals surface area contributed by atoms with Crippen LogP contribution in [0.4, 0.5) is 11.6 Å². The van der Waals surface area contributed by atoms with Crippen LogP contribution in [0.1, 0.15) is 36.2 Å². The van der Waals surface area contributed by atoms with Crippen molar-refractivity contribution in [2.45, 2.75) is 39.3 Å². The van der Waals surface area contributed by atoms with Gasteiger partial charge in [-0.3, -0.25) is 9.48 Å². The smallest absolute Gasteiger partial charge is 0.253 e. The van der Waals surface area contributed by atoms with Crippen molar-refractivity contribution in [2.75, 3.05) is 23.3 Å². The van der Waals surface area contributed by atoms with E-state index >= 15 is 0 Å². The van der Waals surface area contributed by atoms with Crippen molar-refractivity contribution in [1.82, 2.24) is 25.1 Å². The van der Waals surface area contributed by atoms with Crippen LogP contribution < -0.4 is 15.5 Å². The first-order valence-corrected chi connectivity index (χ1v) is 10.6. The molecule has 1 aromatic carbocycles. The van der Waals surface area contributed by atoms with Crippen molar-refractivity contribution in [1.29, 1.82) is 0 Å². The average Bonchev–Trinajstić information content (AvgIpc) is 3.38. The van der Waals surface area contributed by atoms with Crippen LogP contribution in [0.2, 0.25) is 0 Å². The van der Waals surface area contributed by atoms with Crippen LogP contribution in [-0.2, 0) is 7.05 Å². The number of benzene rings is 1. The highest BCUT2D eigenvalue weighted by Gasteiger charge is 2.27. The quantitative estimate of drug-likeness (QED) is 0.639. The molecule has 1 saturated heterocycles. The number of nitrogens with one attached hydrogen (secondary N) is 2. The fourth-order valence-corrected chi connectivity index (χ4v) is 3.82. The molecule has 2 N–H and O–H groups in total. The van der Waals surface area contributed by atoms with Crippen LogP contribution in [0.5, 0.6) is 0 Å². The first kappa shape index (κ1) is 20.8. The van der Waals surface area contributed by atoms with Crippen molar-refractivity contribution in [3.63, 3.8) is 0 Å². The number of carbonyl (C=O) groups is 1. The van der Waals surface area contributed by atoms with Crippen LogP contribution in [0.3, 0.4) is 0 Å². The summed E-state index contributed by atoms with van der Waals surface area (Å²) in [5.74, 6) is 0.625. The number of anilines is 2. The second kappa shape index (κ2) is 8.75. The summed E-state index contributed by atoms with van der Waals surface area (Å²) in [6.45, 7) is 7.61. The topological polar surface area (TPSA) is 88.0 Å². The third kappa shape index (κ3) is 4.84. The molecule has 31 heavy (non-hydrogen) atoms. The van der Waals surface area contributed by atoms with Crippen LogP contribution in [0.15, 0.2) is 42.9 Å². The molecular formula is C23H29N7O. The number of carbonyl (C=O) groups excluding carboxylic acids is 1. The largest absolute Gasteiger partial charge is 0.382 e. The summed E-state index contributed by atoms with van der Waals surface area (Å²) in [4.78, 5) is 24.3. The van der Waals surface area contributed by atoms with Crippen molar-refractivity contribution in [3.8, 4) is 11.3 Å². The van der Waals surface area contributed by atoms with Gasteiger partial charge in [0.2, 0.25) is 5.95 Å². The monoisotopic (exact) mass is 419 g/mol. The van der Waals surface area contributed by atoms with E-state index in [4.69, 9.17) is 4.98 Å². The molecule has 8 heteroatoms. The van der Waals surface area contributed by atoms with E-state index in [0.29, 0.717) is 18.1 Å². The summed E-state index contributed by atoms with van der Waals surface area (Å²) in [7, 11) is 1.88. The van der Waals surface area contributed by atoms with Crippen LogP contribution >= 0.6 is 0 Å². The molecule has 3 heterocycles. The number of amides is 1. The Bertz CT molecular complexity index is 1080. The maximum absolute atomic E-state index is 13.0. The summed E-state index contributed by atoms with van der Waals surface area (Å²) in [5, 5.41) is 10.8. The molecule has 4 rings (SSSR count). The molecule has 0 spiro atoms. The molecule has 1 aliphatic rings.